The number of H-pyrrole nitrogens is 1. The van der Waals surface area contributed by atoms with Gasteiger partial charge in [0.15, 0.2) is 5.16 Å². The maximum atomic E-state index is 13.1. The second-order valence-corrected chi connectivity index (χ2v) is 8.55. The summed E-state index contributed by atoms with van der Waals surface area (Å²) in [7, 11) is 0. The second-order valence-electron chi connectivity index (χ2n) is 7.59. The van der Waals surface area contributed by atoms with Crippen LogP contribution in [0.3, 0.4) is 0 Å². The Kier molecular flexibility index (Phi) is 6.08. The molecule has 1 unspecified atom stereocenters. The van der Waals surface area contributed by atoms with Crippen LogP contribution in [-0.4, -0.2) is 22.0 Å². The van der Waals surface area contributed by atoms with Gasteiger partial charge in [-0.1, -0.05) is 36.0 Å². The van der Waals surface area contributed by atoms with Gasteiger partial charge in [-0.05, 0) is 49.2 Å². The standard InChI is InChI=1S/C23H22FN3O3S/c1-13(2)30-17-9-5-15(6-10-17)18-11-19(28)25-21-20(18)22(29)27-23(26-21)31-12-14-3-7-16(24)8-4-14/h3-10,13,18H,11-12H2,1-2H3,(H2,25,26,27,28,29). The van der Waals surface area contributed by atoms with Crippen LogP contribution in [0.1, 0.15) is 42.9 Å². The molecule has 1 aliphatic heterocycles. The fourth-order valence-electron chi connectivity index (χ4n) is 3.49. The highest BCUT2D eigenvalue weighted by atomic mass is 32.2. The van der Waals surface area contributed by atoms with Gasteiger partial charge in [-0.2, -0.15) is 0 Å². The average molecular weight is 440 g/mol. The summed E-state index contributed by atoms with van der Waals surface area (Å²) in [6.45, 7) is 3.90. The van der Waals surface area contributed by atoms with E-state index >= 15 is 0 Å². The molecule has 160 valence electrons. The molecule has 1 aromatic heterocycles. The summed E-state index contributed by atoms with van der Waals surface area (Å²) in [5.74, 6) is 0.660. The molecule has 1 aliphatic rings. The summed E-state index contributed by atoms with van der Waals surface area (Å²) >= 11 is 1.32. The zero-order chi connectivity index (χ0) is 22.0. The molecule has 2 heterocycles. The van der Waals surface area contributed by atoms with E-state index in [0.717, 1.165) is 16.9 Å². The Morgan fingerprint density at radius 3 is 2.52 bits per heavy atom. The van der Waals surface area contributed by atoms with Crippen LogP contribution >= 0.6 is 11.8 Å². The minimum absolute atomic E-state index is 0.0601. The number of carbonyl (C=O) groups is 1. The number of carbonyl (C=O) groups excluding carboxylic acids is 1. The Hall–Kier alpha value is -3.13. The largest absolute Gasteiger partial charge is 0.491 e. The minimum Gasteiger partial charge on any atom is -0.491 e. The number of anilines is 1. The van der Waals surface area contributed by atoms with Crippen LogP contribution in [0.25, 0.3) is 0 Å². The van der Waals surface area contributed by atoms with Crippen molar-refractivity contribution < 1.29 is 13.9 Å². The predicted molar refractivity (Wildman–Crippen MR) is 118 cm³/mol. The van der Waals surface area contributed by atoms with E-state index in [1.807, 2.05) is 38.1 Å². The van der Waals surface area contributed by atoms with Gasteiger partial charge < -0.3 is 15.0 Å². The number of fused-ring (bicyclic) bond motifs is 1. The van der Waals surface area contributed by atoms with Crippen molar-refractivity contribution in [1.82, 2.24) is 9.97 Å². The van der Waals surface area contributed by atoms with E-state index < -0.39 is 0 Å². The van der Waals surface area contributed by atoms with Crippen LogP contribution in [0, 0.1) is 5.82 Å². The molecule has 3 aromatic rings. The predicted octanol–water partition coefficient (Wildman–Crippen LogP) is 4.46. The molecule has 0 spiro atoms. The van der Waals surface area contributed by atoms with E-state index in [0.29, 0.717) is 16.5 Å². The molecule has 6 nitrogen and oxygen atoms in total. The third kappa shape index (κ3) is 4.96. The summed E-state index contributed by atoms with van der Waals surface area (Å²) in [5.41, 5.74) is 1.92. The molecule has 0 fully saturated rings. The fraction of sp³-hybridized carbons (Fsp3) is 0.261. The number of halogens is 1. The van der Waals surface area contributed by atoms with Crippen LogP contribution in [0.5, 0.6) is 5.75 Å². The van der Waals surface area contributed by atoms with Crippen molar-refractivity contribution in [3.8, 4) is 5.75 Å². The Labute approximate surface area is 183 Å². The van der Waals surface area contributed by atoms with Crippen LogP contribution in [-0.2, 0) is 10.5 Å². The number of aromatic amines is 1. The van der Waals surface area contributed by atoms with Crippen LogP contribution < -0.4 is 15.6 Å². The topological polar surface area (TPSA) is 84.1 Å². The van der Waals surface area contributed by atoms with Gasteiger partial charge in [0.2, 0.25) is 5.91 Å². The molecule has 0 radical (unpaired) electrons. The van der Waals surface area contributed by atoms with Gasteiger partial charge >= 0.3 is 0 Å². The molecule has 8 heteroatoms. The lowest BCUT2D eigenvalue weighted by atomic mass is 9.87. The normalized spacial score (nSPS) is 15.5. The highest BCUT2D eigenvalue weighted by Gasteiger charge is 2.31. The summed E-state index contributed by atoms with van der Waals surface area (Å²) in [6, 6.07) is 13.6. The van der Waals surface area contributed by atoms with Gasteiger partial charge in [0.1, 0.15) is 17.4 Å². The fourth-order valence-corrected chi connectivity index (χ4v) is 4.30. The van der Waals surface area contributed by atoms with Gasteiger partial charge in [-0.25, -0.2) is 9.37 Å². The number of nitrogens with zero attached hydrogens (tertiary/aromatic N) is 1. The second kappa shape index (κ2) is 8.93. The monoisotopic (exact) mass is 439 g/mol. The van der Waals surface area contributed by atoms with Crippen LogP contribution in [0.2, 0.25) is 0 Å². The van der Waals surface area contributed by atoms with E-state index in [4.69, 9.17) is 4.74 Å². The van der Waals surface area contributed by atoms with Gasteiger partial charge in [-0.3, -0.25) is 9.59 Å². The maximum Gasteiger partial charge on any atom is 0.257 e. The van der Waals surface area contributed by atoms with Gasteiger partial charge in [0.25, 0.3) is 5.56 Å². The highest BCUT2D eigenvalue weighted by Crippen LogP contribution is 2.35. The molecule has 2 N–H and O–H groups in total. The van der Waals surface area contributed by atoms with Crippen LogP contribution in [0.15, 0.2) is 58.5 Å². The quantitative estimate of drug-likeness (QED) is 0.438. The number of ether oxygens (including phenoxy) is 1. The number of nitrogens with one attached hydrogen (secondary N) is 2. The highest BCUT2D eigenvalue weighted by molar-refractivity contribution is 7.98. The third-order valence-corrected chi connectivity index (χ3v) is 5.82. The molecule has 2 aromatic carbocycles. The number of hydrogen-bond donors (Lipinski definition) is 2. The molecule has 0 saturated heterocycles. The van der Waals surface area contributed by atoms with E-state index in [1.165, 1.54) is 23.9 Å². The Balaban J connectivity index is 1.59. The summed E-state index contributed by atoms with van der Waals surface area (Å²) in [4.78, 5) is 32.5. The molecule has 31 heavy (non-hydrogen) atoms. The van der Waals surface area contributed by atoms with Gasteiger partial charge in [-0.15, -0.1) is 0 Å². The summed E-state index contributed by atoms with van der Waals surface area (Å²) in [5, 5.41) is 3.12. The first kappa shape index (κ1) is 21.1. The third-order valence-electron chi connectivity index (χ3n) is 4.87. The van der Waals surface area contributed by atoms with Crippen LogP contribution in [0.4, 0.5) is 10.2 Å². The summed E-state index contributed by atoms with van der Waals surface area (Å²) < 4.78 is 18.7. The molecule has 1 amide bonds. The van der Waals surface area contributed by atoms with Crippen molar-refractivity contribution in [2.75, 3.05) is 5.32 Å². The first-order valence-electron chi connectivity index (χ1n) is 9.97. The van der Waals surface area contributed by atoms with Crippen molar-refractivity contribution in [3.63, 3.8) is 0 Å². The van der Waals surface area contributed by atoms with Gasteiger partial charge in [0.05, 0.1) is 11.7 Å². The number of benzene rings is 2. The summed E-state index contributed by atoms with van der Waals surface area (Å²) in [6.07, 6.45) is 0.231. The van der Waals surface area contributed by atoms with Gasteiger partial charge in [0, 0.05) is 18.1 Å². The molecule has 4 rings (SSSR count). The number of aromatic nitrogens is 2. The Morgan fingerprint density at radius 1 is 1.13 bits per heavy atom. The number of thioether (sulfide) groups is 1. The lowest BCUT2D eigenvalue weighted by molar-refractivity contribution is -0.116. The zero-order valence-electron chi connectivity index (χ0n) is 17.1. The minimum atomic E-state index is -0.385. The lowest BCUT2D eigenvalue weighted by Gasteiger charge is -2.24. The lowest BCUT2D eigenvalue weighted by Crippen LogP contribution is -2.31. The number of rotatable bonds is 6. The van der Waals surface area contributed by atoms with Crippen molar-refractivity contribution in [3.05, 3.63) is 81.4 Å². The average Bonchev–Trinajstić information content (AvgIpc) is 2.72. The molecular weight excluding hydrogens is 417 g/mol. The van der Waals surface area contributed by atoms with Crippen molar-refractivity contribution in [2.45, 2.75) is 43.2 Å². The molecule has 1 atom stereocenters. The van der Waals surface area contributed by atoms with E-state index in [-0.39, 0.29) is 41.5 Å². The molecular formula is C23H22FN3O3S. The van der Waals surface area contributed by atoms with Crippen molar-refractivity contribution in [1.29, 1.82) is 0 Å². The maximum absolute atomic E-state index is 13.1. The van der Waals surface area contributed by atoms with Crippen molar-refractivity contribution >= 4 is 23.5 Å². The molecule has 0 bridgehead atoms. The molecule has 0 saturated carbocycles. The Bertz CT molecular complexity index is 1140. The first-order chi connectivity index (χ1) is 14.9. The number of hydrogen-bond acceptors (Lipinski definition) is 5. The van der Waals surface area contributed by atoms with E-state index in [9.17, 15) is 14.0 Å². The van der Waals surface area contributed by atoms with E-state index in [2.05, 4.69) is 15.3 Å². The number of amides is 1. The first-order valence-corrected chi connectivity index (χ1v) is 11.0. The van der Waals surface area contributed by atoms with Crippen molar-refractivity contribution in [2.24, 2.45) is 0 Å². The van der Waals surface area contributed by atoms with E-state index in [1.54, 1.807) is 12.1 Å². The smallest absolute Gasteiger partial charge is 0.257 e. The Morgan fingerprint density at radius 2 is 1.84 bits per heavy atom. The SMILES string of the molecule is CC(C)Oc1ccc(C2CC(=O)Nc3nc(SCc4ccc(F)cc4)[nH]c(=O)c32)cc1. The zero-order valence-corrected chi connectivity index (χ0v) is 18.0. The molecule has 0 aliphatic carbocycles.